The molecule has 0 amide bonds. The van der Waals surface area contributed by atoms with Gasteiger partial charge in [0, 0.05) is 23.6 Å². The van der Waals surface area contributed by atoms with Crippen LogP contribution in [0.1, 0.15) is 10.4 Å². The van der Waals surface area contributed by atoms with Crippen LogP contribution in [0, 0.1) is 0 Å². The van der Waals surface area contributed by atoms with Gasteiger partial charge in [-0.2, -0.15) is 3.94 Å². The van der Waals surface area contributed by atoms with Gasteiger partial charge in [-0.3, -0.25) is 0 Å². The van der Waals surface area contributed by atoms with E-state index in [0.717, 1.165) is 6.07 Å². The number of halogens is 2. The third kappa shape index (κ3) is 1.37. The molecule has 15 heavy (non-hydrogen) atoms. The molecule has 5 nitrogen and oxygen atoms in total. The number of benzene rings is 1. The van der Waals surface area contributed by atoms with Gasteiger partial charge in [-0.15, -0.1) is 0 Å². The second-order valence-corrected chi connectivity index (χ2v) is 5.50. The minimum absolute atomic E-state index is 0.0679. The van der Waals surface area contributed by atoms with Crippen LogP contribution in [0.15, 0.2) is 21.9 Å². The summed E-state index contributed by atoms with van der Waals surface area (Å²) in [6.45, 7) is 0. The van der Waals surface area contributed by atoms with Gasteiger partial charge in [-0.25, -0.2) is 13.2 Å². The summed E-state index contributed by atoms with van der Waals surface area (Å²) in [7, 11) is -3.62. The molecule has 1 aromatic rings. The minimum Gasteiger partial charge on any atom is -0.478 e. The van der Waals surface area contributed by atoms with E-state index in [0.29, 0.717) is 3.94 Å². The highest BCUT2D eigenvalue weighted by Crippen LogP contribution is 2.50. The van der Waals surface area contributed by atoms with Gasteiger partial charge in [0.05, 0.1) is 11.3 Å². The van der Waals surface area contributed by atoms with Gasteiger partial charge in [-0.05, 0) is 12.1 Å². The zero-order valence-electron chi connectivity index (χ0n) is 6.94. The Balaban J connectivity index is 2.71. The molecule has 0 saturated heterocycles. The molecule has 0 saturated carbocycles. The first kappa shape index (κ1) is 10.5. The second-order valence-electron chi connectivity index (χ2n) is 2.83. The topological polar surface area (TPSA) is 74.7 Å². The van der Waals surface area contributed by atoms with Crippen molar-refractivity contribution in [3.8, 4) is 0 Å². The molecule has 0 unspecified atom stereocenters. The predicted octanol–water partition coefficient (Wildman–Crippen LogP) is 1.65. The van der Waals surface area contributed by atoms with Crippen molar-refractivity contribution in [3.05, 3.63) is 17.7 Å². The molecule has 1 aromatic carbocycles. The number of sulfone groups is 1. The van der Waals surface area contributed by atoms with Crippen molar-refractivity contribution in [2.45, 2.75) is 9.79 Å². The highest BCUT2D eigenvalue weighted by Gasteiger charge is 2.47. The Morgan fingerprint density at radius 2 is 1.87 bits per heavy atom. The lowest BCUT2D eigenvalue weighted by molar-refractivity contribution is 0.0693. The van der Waals surface area contributed by atoms with Crippen LogP contribution in [0.25, 0.3) is 0 Å². The van der Waals surface area contributed by atoms with Gasteiger partial charge < -0.3 is 5.11 Å². The van der Waals surface area contributed by atoms with Crippen molar-refractivity contribution in [3.63, 3.8) is 0 Å². The first-order valence-electron chi connectivity index (χ1n) is 3.64. The number of carboxylic acid groups (broad SMARTS) is 1. The van der Waals surface area contributed by atoms with E-state index in [9.17, 15) is 13.2 Å². The Bertz CT molecular complexity index is 567. The van der Waals surface area contributed by atoms with Crippen molar-refractivity contribution in [2.24, 2.45) is 0 Å². The Morgan fingerprint density at radius 1 is 1.27 bits per heavy atom. The van der Waals surface area contributed by atoms with Gasteiger partial charge in [0.2, 0.25) is 9.84 Å². The normalized spacial score (nSPS) is 15.6. The van der Waals surface area contributed by atoms with Crippen LogP contribution in [0.4, 0.5) is 5.69 Å². The summed E-state index contributed by atoms with van der Waals surface area (Å²) in [6, 6.07) is 2.39. The molecule has 0 radical (unpaired) electrons. The van der Waals surface area contributed by atoms with Crippen LogP contribution in [-0.2, 0) is 9.84 Å². The van der Waals surface area contributed by atoms with Crippen LogP contribution >= 0.6 is 23.6 Å². The lowest BCUT2D eigenvalue weighted by Crippen LogP contribution is -1.97. The number of hydrogen-bond donors (Lipinski definition) is 1. The molecule has 1 aliphatic heterocycles. The lowest BCUT2D eigenvalue weighted by Gasteiger charge is -2.02. The van der Waals surface area contributed by atoms with Gasteiger partial charge >= 0.3 is 5.97 Å². The minimum atomic E-state index is -3.62. The summed E-state index contributed by atoms with van der Waals surface area (Å²) in [4.78, 5) is 10.4. The van der Waals surface area contributed by atoms with Crippen molar-refractivity contribution in [2.75, 3.05) is 3.94 Å². The average molecular weight is 268 g/mol. The highest BCUT2D eigenvalue weighted by molar-refractivity contribution is 7.97. The molecular weight excluding hydrogens is 265 g/mol. The first-order chi connectivity index (χ1) is 6.87. The summed E-state index contributed by atoms with van der Waals surface area (Å²) in [5.41, 5.74) is -0.192. The second kappa shape index (κ2) is 3.01. The van der Waals surface area contributed by atoms with E-state index < -0.39 is 15.8 Å². The van der Waals surface area contributed by atoms with E-state index in [1.807, 2.05) is 0 Å². The number of rotatable bonds is 2. The Labute approximate surface area is 95.0 Å². The number of carbonyl (C=O) groups is 1. The van der Waals surface area contributed by atoms with Crippen molar-refractivity contribution >= 4 is 45.0 Å². The fraction of sp³-hybridized carbons (Fsp3) is 0. The predicted molar refractivity (Wildman–Crippen MR) is 53.0 cm³/mol. The Morgan fingerprint density at radius 3 is 2.33 bits per heavy atom. The third-order valence-corrected chi connectivity index (χ3v) is 4.07. The average Bonchev–Trinajstić information content (AvgIpc) is 2.69. The molecule has 1 heterocycles. The SMILES string of the molecule is O=C(O)c1ccc(N(Cl)Cl)c2c1S2(=O)=O. The smallest absolute Gasteiger partial charge is 0.337 e. The van der Waals surface area contributed by atoms with E-state index in [2.05, 4.69) is 0 Å². The molecule has 8 heteroatoms. The molecule has 0 spiro atoms. The third-order valence-electron chi connectivity index (χ3n) is 2.00. The fourth-order valence-electron chi connectivity index (χ4n) is 1.33. The summed E-state index contributed by atoms with van der Waals surface area (Å²) in [6.07, 6.45) is 0. The summed E-state index contributed by atoms with van der Waals surface area (Å²) < 4.78 is 23.3. The van der Waals surface area contributed by atoms with Crippen molar-refractivity contribution in [1.29, 1.82) is 0 Å². The Hall–Kier alpha value is -0.980. The van der Waals surface area contributed by atoms with Crippen LogP contribution in [0.3, 0.4) is 0 Å². The summed E-state index contributed by atoms with van der Waals surface area (Å²) in [5, 5.41) is 8.72. The number of nitrogens with zero attached hydrogens (tertiary/aromatic N) is 1. The van der Waals surface area contributed by atoms with Crippen molar-refractivity contribution < 1.29 is 18.3 Å². The first-order valence-corrected chi connectivity index (χ1v) is 5.80. The van der Waals surface area contributed by atoms with Gasteiger partial charge in [0.1, 0.15) is 9.79 Å². The maximum atomic E-state index is 11.4. The van der Waals surface area contributed by atoms with Crippen LogP contribution in [0.5, 0.6) is 0 Å². The van der Waals surface area contributed by atoms with E-state index in [4.69, 9.17) is 28.7 Å². The van der Waals surface area contributed by atoms with Gasteiger partial charge in [-0.1, -0.05) is 0 Å². The maximum Gasteiger partial charge on any atom is 0.337 e. The molecule has 0 atom stereocenters. The number of anilines is 1. The van der Waals surface area contributed by atoms with E-state index in [1.165, 1.54) is 6.07 Å². The van der Waals surface area contributed by atoms with Crippen LogP contribution < -0.4 is 3.94 Å². The standard InChI is InChI=1S/C7H3Cl2NO4S/c8-10(9)4-2-1-3(7(11)12)5-6(4)15(5,13)14/h1-2H,(H,11,12). The number of carboxylic acids is 1. The zero-order chi connectivity index (χ0) is 11.4. The zero-order valence-corrected chi connectivity index (χ0v) is 9.27. The molecule has 0 aromatic heterocycles. The van der Waals surface area contributed by atoms with Crippen LogP contribution in [0.2, 0.25) is 0 Å². The summed E-state index contributed by atoms with van der Waals surface area (Å²) >= 11 is 10.8. The Kier molecular flexibility index (Phi) is 2.11. The largest absolute Gasteiger partial charge is 0.478 e. The molecule has 1 N–H and O–H groups in total. The van der Waals surface area contributed by atoms with E-state index >= 15 is 0 Å². The molecule has 80 valence electrons. The lowest BCUT2D eigenvalue weighted by atomic mass is 10.2. The summed E-state index contributed by atoms with van der Waals surface area (Å²) in [5.74, 6) is -1.30. The number of hydrogen-bond acceptors (Lipinski definition) is 4. The molecule has 0 bridgehead atoms. The highest BCUT2D eigenvalue weighted by atomic mass is 35.5. The molecular formula is C7H3Cl2NO4S. The molecule has 1 aliphatic rings. The monoisotopic (exact) mass is 267 g/mol. The fourth-order valence-corrected chi connectivity index (χ4v) is 3.40. The molecule has 0 fully saturated rings. The van der Waals surface area contributed by atoms with Crippen molar-refractivity contribution in [1.82, 2.24) is 0 Å². The maximum absolute atomic E-state index is 11.4. The van der Waals surface area contributed by atoms with Crippen LogP contribution in [-0.4, -0.2) is 19.5 Å². The van der Waals surface area contributed by atoms with Gasteiger partial charge in [0.25, 0.3) is 0 Å². The quantitative estimate of drug-likeness (QED) is 0.662. The number of aromatic carboxylic acids is 1. The van der Waals surface area contributed by atoms with Gasteiger partial charge in [0.15, 0.2) is 0 Å². The van der Waals surface area contributed by atoms with E-state index in [-0.39, 0.29) is 21.0 Å². The van der Waals surface area contributed by atoms with E-state index in [1.54, 1.807) is 0 Å². The molecule has 0 aliphatic carbocycles. The number of fused-ring (bicyclic) bond motifs is 1. The molecule has 2 rings (SSSR count).